The van der Waals surface area contributed by atoms with Gasteiger partial charge in [0.2, 0.25) is 0 Å². The summed E-state index contributed by atoms with van der Waals surface area (Å²) in [5.41, 5.74) is 5.96. The molecule has 1 fully saturated rings. The van der Waals surface area contributed by atoms with Crippen molar-refractivity contribution in [2.45, 2.75) is 44.2 Å². The van der Waals surface area contributed by atoms with Crippen LogP contribution in [0.15, 0.2) is 30.3 Å². The molecule has 1 aromatic rings. The number of nitriles is 1. The van der Waals surface area contributed by atoms with Crippen LogP contribution in [0.2, 0.25) is 0 Å². The van der Waals surface area contributed by atoms with Gasteiger partial charge in [0, 0.05) is 0 Å². The Labute approximate surface area is 115 Å². The number of ether oxygens (including phenoxy) is 1. The first-order valence-electron chi connectivity index (χ1n) is 7.01. The molecule has 3 nitrogen and oxygen atoms in total. The number of nitrogens with zero attached hydrogens (tertiary/aromatic N) is 1. The number of benzene rings is 1. The van der Waals surface area contributed by atoms with E-state index in [4.69, 9.17) is 10.5 Å². The zero-order chi connectivity index (χ0) is 13.7. The maximum Gasteiger partial charge on any atom is 0.153 e. The zero-order valence-electron chi connectivity index (χ0n) is 11.5. The molecule has 0 amide bonds. The van der Waals surface area contributed by atoms with E-state index in [1.807, 2.05) is 30.3 Å². The van der Waals surface area contributed by atoms with E-state index in [-0.39, 0.29) is 12.7 Å². The first-order chi connectivity index (χ1) is 9.14. The number of rotatable bonds is 4. The predicted octanol–water partition coefficient (Wildman–Crippen LogP) is 2.96. The van der Waals surface area contributed by atoms with Crippen LogP contribution in [0.3, 0.4) is 0 Å². The van der Waals surface area contributed by atoms with E-state index in [1.165, 1.54) is 12.8 Å². The van der Waals surface area contributed by atoms with Gasteiger partial charge in [0.15, 0.2) is 5.54 Å². The third kappa shape index (κ3) is 3.56. The van der Waals surface area contributed by atoms with Crippen LogP contribution in [0, 0.1) is 17.2 Å². The molecule has 0 aromatic heterocycles. The van der Waals surface area contributed by atoms with Crippen LogP contribution in [0.25, 0.3) is 0 Å². The van der Waals surface area contributed by atoms with E-state index in [0.717, 1.165) is 24.3 Å². The molecule has 2 N–H and O–H groups in total. The summed E-state index contributed by atoms with van der Waals surface area (Å²) in [6, 6.07) is 11.7. The Bertz CT molecular complexity index is 432. The molecule has 0 saturated heterocycles. The minimum atomic E-state index is -1.04. The molecule has 1 aromatic carbocycles. The van der Waals surface area contributed by atoms with Crippen molar-refractivity contribution in [1.29, 1.82) is 5.26 Å². The van der Waals surface area contributed by atoms with Crippen molar-refractivity contribution in [3.63, 3.8) is 0 Å². The molecule has 2 rings (SSSR count). The van der Waals surface area contributed by atoms with Crippen LogP contribution in [0.4, 0.5) is 0 Å². The van der Waals surface area contributed by atoms with Crippen molar-refractivity contribution in [2.75, 3.05) is 6.61 Å². The molecule has 0 bridgehead atoms. The lowest BCUT2D eigenvalue weighted by Gasteiger charge is -2.29. The molecule has 0 spiro atoms. The van der Waals surface area contributed by atoms with Gasteiger partial charge in [0.05, 0.1) is 18.8 Å². The van der Waals surface area contributed by atoms with Crippen LogP contribution in [-0.4, -0.2) is 12.7 Å². The summed E-state index contributed by atoms with van der Waals surface area (Å²) in [6.45, 7) is 2.55. The molecule has 0 aliphatic heterocycles. The smallest absolute Gasteiger partial charge is 0.153 e. The summed E-state index contributed by atoms with van der Waals surface area (Å²) in [5, 5.41) is 9.36. The fourth-order valence-electron chi connectivity index (χ4n) is 2.56. The van der Waals surface area contributed by atoms with E-state index in [1.54, 1.807) is 0 Å². The second-order valence-corrected chi connectivity index (χ2v) is 5.64. The summed E-state index contributed by atoms with van der Waals surface area (Å²) < 4.78 is 5.89. The lowest BCUT2D eigenvalue weighted by atomic mass is 9.88. The van der Waals surface area contributed by atoms with Gasteiger partial charge >= 0.3 is 0 Å². The lowest BCUT2D eigenvalue weighted by Crippen LogP contribution is -2.41. The molecular formula is C16H22N2O. The second kappa shape index (κ2) is 6.18. The van der Waals surface area contributed by atoms with E-state index in [0.29, 0.717) is 0 Å². The average molecular weight is 258 g/mol. The normalized spacial score (nSPS) is 26.4. The standard InChI is InChI=1S/C16H22N2O/c1-13-7-9-15(10-8-13)19-12-16(18,11-17)14-5-3-2-4-6-14/h2-6,13,15H,7-10,12,18H2,1H3. The molecule has 1 aliphatic carbocycles. The van der Waals surface area contributed by atoms with Gasteiger partial charge in [-0.1, -0.05) is 37.3 Å². The van der Waals surface area contributed by atoms with Crippen molar-refractivity contribution in [3.05, 3.63) is 35.9 Å². The van der Waals surface area contributed by atoms with Crippen molar-refractivity contribution in [3.8, 4) is 6.07 Å². The van der Waals surface area contributed by atoms with E-state index >= 15 is 0 Å². The fourth-order valence-corrected chi connectivity index (χ4v) is 2.56. The van der Waals surface area contributed by atoms with Crippen LogP contribution in [0.5, 0.6) is 0 Å². The molecule has 1 aliphatic rings. The van der Waals surface area contributed by atoms with Crippen molar-refractivity contribution in [2.24, 2.45) is 11.7 Å². The first-order valence-corrected chi connectivity index (χ1v) is 7.01. The second-order valence-electron chi connectivity index (χ2n) is 5.64. The van der Waals surface area contributed by atoms with Gasteiger partial charge in [-0.3, -0.25) is 0 Å². The molecule has 102 valence electrons. The summed E-state index contributed by atoms with van der Waals surface area (Å²) in [5.74, 6) is 0.799. The highest BCUT2D eigenvalue weighted by molar-refractivity contribution is 5.30. The van der Waals surface area contributed by atoms with Crippen LogP contribution in [-0.2, 0) is 10.3 Å². The molecule has 0 heterocycles. The Hall–Kier alpha value is -1.37. The Morgan fingerprint density at radius 2 is 1.89 bits per heavy atom. The van der Waals surface area contributed by atoms with Crippen molar-refractivity contribution >= 4 is 0 Å². The van der Waals surface area contributed by atoms with Crippen LogP contribution < -0.4 is 5.73 Å². The quantitative estimate of drug-likeness (QED) is 0.903. The monoisotopic (exact) mass is 258 g/mol. The number of nitrogens with two attached hydrogens (primary N) is 1. The zero-order valence-corrected chi connectivity index (χ0v) is 11.5. The van der Waals surface area contributed by atoms with Crippen molar-refractivity contribution < 1.29 is 4.74 Å². The molecule has 1 atom stereocenters. The summed E-state index contributed by atoms with van der Waals surface area (Å²) >= 11 is 0. The van der Waals surface area contributed by atoms with Gasteiger partial charge in [-0.15, -0.1) is 0 Å². The van der Waals surface area contributed by atoms with E-state index in [2.05, 4.69) is 13.0 Å². The van der Waals surface area contributed by atoms with Crippen LogP contribution in [0.1, 0.15) is 38.2 Å². The average Bonchev–Trinajstić information content (AvgIpc) is 2.47. The summed E-state index contributed by atoms with van der Waals surface area (Å²) in [7, 11) is 0. The molecule has 1 unspecified atom stereocenters. The van der Waals surface area contributed by atoms with E-state index in [9.17, 15) is 5.26 Å². The Morgan fingerprint density at radius 3 is 2.47 bits per heavy atom. The summed E-state index contributed by atoms with van der Waals surface area (Å²) in [6.07, 6.45) is 4.84. The third-order valence-corrected chi connectivity index (χ3v) is 4.00. The number of hydrogen-bond donors (Lipinski definition) is 1. The Morgan fingerprint density at radius 1 is 1.26 bits per heavy atom. The predicted molar refractivity (Wildman–Crippen MR) is 75.3 cm³/mol. The third-order valence-electron chi connectivity index (χ3n) is 4.00. The minimum absolute atomic E-state index is 0.260. The Balaban J connectivity index is 1.95. The molecule has 19 heavy (non-hydrogen) atoms. The first kappa shape index (κ1) is 14.0. The van der Waals surface area contributed by atoms with Crippen molar-refractivity contribution in [1.82, 2.24) is 0 Å². The van der Waals surface area contributed by atoms with Crippen LogP contribution >= 0.6 is 0 Å². The summed E-state index contributed by atoms with van der Waals surface area (Å²) in [4.78, 5) is 0. The van der Waals surface area contributed by atoms with Gasteiger partial charge in [-0.2, -0.15) is 5.26 Å². The lowest BCUT2D eigenvalue weighted by molar-refractivity contribution is 0.00207. The van der Waals surface area contributed by atoms with Gasteiger partial charge in [0.25, 0.3) is 0 Å². The fraction of sp³-hybridized carbons (Fsp3) is 0.562. The van der Waals surface area contributed by atoms with Gasteiger partial charge in [0.1, 0.15) is 0 Å². The van der Waals surface area contributed by atoms with Gasteiger partial charge < -0.3 is 10.5 Å². The highest BCUT2D eigenvalue weighted by atomic mass is 16.5. The highest BCUT2D eigenvalue weighted by Crippen LogP contribution is 2.27. The largest absolute Gasteiger partial charge is 0.375 e. The Kier molecular flexibility index (Phi) is 4.57. The molecule has 3 heteroatoms. The van der Waals surface area contributed by atoms with Gasteiger partial charge in [-0.05, 0) is 37.2 Å². The minimum Gasteiger partial charge on any atom is -0.375 e. The highest BCUT2D eigenvalue weighted by Gasteiger charge is 2.29. The molecular weight excluding hydrogens is 236 g/mol. The van der Waals surface area contributed by atoms with Gasteiger partial charge in [-0.25, -0.2) is 0 Å². The van der Waals surface area contributed by atoms with E-state index < -0.39 is 5.54 Å². The topological polar surface area (TPSA) is 59.0 Å². The molecule has 1 saturated carbocycles. The maximum atomic E-state index is 9.36. The number of hydrogen-bond acceptors (Lipinski definition) is 3. The SMILES string of the molecule is CC1CCC(OCC(N)(C#N)c2ccccc2)CC1. The molecule has 0 radical (unpaired) electrons. The maximum absolute atomic E-state index is 9.36.